The highest BCUT2D eigenvalue weighted by molar-refractivity contribution is 7.98. The number of para-hydroxylation sites is 1. The number of hydrogen-bond donors (Lipinski definition) is 1. The molecule has 1 aromatic rings. The summed E-state index contributed by atoms with van der Waals surface area (Å²) in [5, 5.41) is 3.51. The standard InChI is InChI=1S/C13H21NOS/c1-11(14-8-9-16-3)10-12-6-4-5-7-13(12)15-2/h4-7,11,14H,8-10H2,1-3H3. The van der Waals surface area contributed by atoms with Gasteiger partial charge in [-0.3, -0.25) is 0 Å². The summed E-state index contributed by atoms with van der Waals surface area (Å²) >= 11 is 1.87. The maximum Gasteiger partial charge on any atom is 0.122 e. The number of benzene rings is 1. The molecule has 0 aliphatic carbocycles. The molecule has 0 aliphatic rings. The van der Waals surface area contributed by atoms with Gasteiger partial charge in [0.15, 0.2) is 0 Å². The second-order valence-corrected chi connectivity index (χ2v) is 4.85. The maximum atomic E-state index is 5.34. The second kappa shape index (κ2) is 7.58. The van der Waals surface area contributed by atoms with E-state index in [2.05, 4.69) is 30.6 Å². The fourth-order valence-corrected chi connectivity index (χ4v) is 2.00. The predicted octanol–water partition coefficient (Wildman–Crippen LogP) is 2.58. The fourth-order valence-electron chi connectivity index (χ4n) is 1.68. The van der Waals surface area contributed by atoms with Crippen molar-refractivity contribution in [2.75, 3.05) is 25.7 Å². The number of thioether (sulfide) groups is 1. The van der Waals surface area contributed by atoms with Gasteiger partial charge in [-0.2, -0.15) is 11.8 Å². The highest BCUT2D eigenvalue weighted by Gasteiger charge is 2.06. The first-order valence-corrected chi connectivity index (χ1v) is 7.01. The van der Waals surface area contributed by atoms with Crippen molar-refractivity contribution in [2.45, 2.75) is 19.4 Å². The van der Waals surface area contributed by atoms with Gasteiger partial charge in [0.1, 0.15) is 5.75 Å². The van der Waals surface area contributed by atoms with Crippen molar-refractivity contribution in [3.05, 3.63) is 29.8 Å². The zero-order chi connectivity index (χ0) is 11.8. The van der Waals surface area contributed by atoms with Crippen LogP contribution in [-0.4, -0.2) is 31.7 Å². The van der Waals surface area contributed by atoms with Crippen LogP contribution in [0.25, 0.3) is 0 Å². The van der Waals surface area contributed by atoms with E-state index in [4.69, 9.17) is 4.74 Å². The van der Waals surface area contributed by atoms with Gasteiger partial charge in [-0.15, -0.1) is 0 Å². The van der Waals surface area contributed by atoms with E-state index in [9.17, 15) is 0 Å². The summed E-state index contributed by atoms with van der Waals surface area (Å²) in [7, 11) is 1.73. The molecule has 0 aliphatic heterocycles. The van der Waals surface area contributed by atoms with E-state index in [1.54, 1.807) is 7.11 Å². The van der Waals surface area contributed by atoms with E-state index >= 15 is 0 Å². The summed E-state index contributed by atoms with van der Waals surface area (Å²) in [4.78, 5) is 0. The molecule has 0 saturated carbocycles. The SMILES string of the molecule is COc1ccccc1CC(C)NCCSC. The maximum absolute atomic E-state index is 5.34. The lowest BCUT2D eigenvalue weighted by Crippen LogP contribution is -2.30. The Hall–Kier alpha value is -0.670. The van der Waals surface area contributed by atoms with Crippen LogP contribution in [0.5, 0.6) is 5.75 Å². The third-order valence-electron chi connectivity index (χ3n) is 2.52. The summed E-state index contributed by atoms with van der Waals surface area (Å²) in [5.74, 6) is 2.15. The molecule has 1 atom stereocenters. The Morgan fingerprint density at radius 2 is 2.12 bits per heavy atom. The minimum atomic E-state index is 0.489. The molecule has 0 bridgehead atoms. The lowest BCUT2D eigenvalue weighted by atomic mass is 10.1. The van der Waals surface area contributed by atoms with Crippen LogP contribution in [0.4, 0.5) is 0 Å². The van der Waals surface area contributed by atoms with Crippen LogP contribution in [-0.2, 0) is 6.42 Å². The molecule has 1 N–H and O–H groups in total. The lowest BCUT2D eigenvalue weighted by Gasteiger charge is -2.15. The average Bonchev–Trinajstić information content (AvgIpc) is 2.30. The van der Waals surface area contributed by atoms with Crippen LogP contribution in [0.3, 0.4) is 0 Å². The van der Waals surface area contributed by atoms with Gasteiger partial charge in [-0.25, -0.2) is 0 Å². The van der Waals surface area contributed by atoms with E-state index in [1.165, 1.54) is 5.56 Å². The van der Waals surface area contributed by atoms with Gasteiger partial charge in [-0.05, 0) is 31.2 Å². The molecule has 0 spiro atoms. The summed E-state index contributed by atoms with van der Waals surface area (Å²) in [5.41, 5.74) is 1.27. The fraction of sp³-hybridized carbons (Fsp3) is 0.538. The van der Waals surface area contributed by atoms with Crippen molar-refractivity contribution in [3.8, 4) is 5.75 Å². The molecule has 0 fully saturated rings. The van der Waals surface area contributed by atoms with E-state index in [0.717, 1.165) is 24.5 Å². The largest absolute Gasteiger partial charge is 0.496 e. The van der Waals surface area contributed by atoms with Crippen molar-refractivity contribution in [1.82, 2.24) is 5.32 Å². The third kappa shape index (κ3) is 4.45. The molecular formula is C13H21NOS. The molecule has 90 valence electrons. The van der Waals surface area contributed by atoms with Crippen molar-refractivity contribution >= 4 is 11.8 Å². The zero-order valence-corrected chi connectivity index (χ0v) is 11.1. The Bertz CT molecular complexity index is 304. The van der Waals surface area contributed by atoms with E-state index in [-0.39, 0.29) is 0 Å². The van der Waals surface area contributed by atoms with Gasteiger partial charge in [0.05, 0.1) is 7.11 Å². The van der Waals surface area contributed by atoms with Crippen LogP contribution >= 0.6 is 11.8 Å². The Morgan fingerprint density at radius 3 is 2.81 bits per heavy atom. The minimum Gasteiger partial charge on any atom is -0.496 e. The van der Waals surface area contributed by atoms with E-state index in [1.807, 2.05) is 23.9 Å². The first-order chi connectivity index (χ1) is 7.77. The van der Waals surface area contributed by atoms with E-state index in [0.29, 0.717) is 6.04 Å². The lowest BCUT2D eigenvalue weighted by molar-refractivity contribution is 0.406. The number of ether oxygens (including phenoxy) is 1. The number of rotatable bonds is 7. The smallest absolute Gasteiger partial charge is 0.122 e. The quantitative estimate of drug-likeness (QED) is 0.739. The summed E-state index contributed by atoms with van der Waals surface area (Å²) in [6, 6.07) is 8.71. The van der Waals surface area contributed by atoms with Gasteiger partial charge >= 0.3 is 0 Å². The third-order valence-corrected chi connectivity index (χ3v) is 3.13. The normalized spacial score (nSPS) is 12.4. The van der Waals surface area contributed by atoms with Gasteiger partial charge in [-0.1, -0.05) is 18.2 Å². The highest BCUT2D eigenvalue weighted by Crippen LogP contribution is 2.18. The molecule has 0 aromatic heterocycles. The van der Waals surface area contributed by atoms with Crippen LogP contribution in [0.1, 0.15) is 12.5 Å². The van der Waals surface area contributed by atoms with Crippen molar-refractivity contribution < 1.29 is 4.74 Å². The molecule has 1 aromatic carbocycles. The Labute approximate surface area is 103 Å². The summed E-state index contributed by atoms with van der Waals surface area (Å²) < 4.78 is 5.34. The summed E-state index contributed by atoms with van der Waals surface area (Å²) in [6.45, 7) is 3.28. The Kier molecular flexibility index (Phi) is 6.34. The molecule has 16 heavy (non-hydrogen) atoms. The highest BCUT2D eigenvalue weighted by atomic mass is 32.2. The minimum absolute atomic E-state index is 0.489. The number of hydrogen-bond acceptors (Lipinski definition) is 3. The molecule has 0 amide bonds. The predicted molar refractivity (Wildman–Crippen MR) is 72.5 cm³/mol. The topological polar surface area (TPSA) is 21.3 Å². The molecule has 3 heteroatoms. The molecule has 0 saturated heterocycles. The first kappa shape index (κ1) is 13.4. The number of nitrogens with one attached hydrogen (secondary N) is 1. The summed E-state index contributed by atoms with van der Waals surface area (Å²) in [6.07, 6.45) is 3.14. The van der Waals surface area contributed by atoms with Crippen molar-refractivity contribution in [2.24, 2.45) is 0 Å². The van der Waals surface area contributed by atoms with Gasteiger partial charge in [0.25, 0.3) is 0 Å². The Balaban J connectivity index is 2.45. The van der Waals surface area contributed by atoms with Gasteiger partial charge < -0.3 is 10.1 Å². The molecular weight excluding hydrogens is 218 g/mol. The zero-order valence-electron chi connectivity index (χ0n) is 10.3. The van der Waals surface area contributed by atoms with Crippen LogP contribution in [0, 0.1) is 0 Å². The molecule has 0 radical (unpaired) electrons. The Morgan fingerprint density at radius 1 is 1.38 bits per heavy atom. The first-order valence-electron chi connectivity index (χ1n) is 5.62. The molecule has 1 unspecified atom stereocenters. The number of methoxy groups -OCH3 is 1. The molecule has 1 rings (SSSR count). The second-order valence-electron chi connectivity index (χ2n) is 3.86. The molecule has 2 nitrogen and oxygen atoms in total. The average molecular weight is 239 g/mol. The molecule has 0 heterocycles. The van der Waals surface area contributed by atoms with Gasteiger partial charge in [0, 0.05) is 18.3 Å². The van der Waals surface area contributed by atoms with Crippen LogP contribution < -0.4 is 10.1 Å². The van der Waals surface area contributed by atoms with Crippen LogP contribution in [0.15, 0.2) is 24.3 Å². The van der Waals surface area contributed by atoms with Crippen molar-refractivity contribution in [1.29, 1.82) is 0 Å². The monoisotopic (exact) mass is 239 g/mol. The van der Waals surface area contributed by atoms with E-state index < -0.39 is 0 Å². The van der Waals surface area contributed by atoms with Crippen molar-refractivity contribution in [3.63, 3.8) is 0 Å². The van der Waals surface area contributed by atoms with Gasteiger partial charge in [0.2, 0.25) is 0 Å². The van der Waals surface area contributed by atoms with Crippen LogP contribution in [0.2, 0.25) is 0 Å².